The number of likely N-dealkylation sites (tertiary alicyclic amines) is 1. The molecule has 2 aromatic heterocycles. The molecule has 3 amide bonds. The second-order valence-electron chi connectivity index (χ2n) is 10.8. The van der Waals surface area contributed by atoms with Gasteiger partial charge in [-0.05, 0) is 55.7 Å². The summed E-state index contributed by atoms with van der Waals surface area (Å²) in [6, 6.07) is 5.71. The zero-order valence-electron chi connectivity index (χ0n) is 21.7. The first-order valence-corrected chi connectivity index (χ1v) is 13.5. The molecule has 0 bridgehead atoms. The Bertz CT molecular complexity index is 1410. The first-order chi connectivity index (χ1) is 18.9. The molecule has 0 spiro atoms. The Morgan fingerprint density at radius 2 is 2.08 bits per heavy atom. The highest BCUT2D eigenvalue weighted by atomic mass is 16.5. The number of H-pyrrole nitrogens is 2. The Kier molecular flexibility index (Phi) is 6.58. The lowest BCUT2D eigenvalue weighted by atomic mass is 9.91. The topological polar surface area (TPSA) is 149 Å². The summed E-state index contributed by atoms with van der Waals surface area (Å²) in [7, 11) is 1.58. The average molecular weight is 533 g/mol. The van der Waals surface area contributed by atoms with Gasteiger partial charge < -0.3 is 30.2 Å². The highest BCUT2D eigenvalue weighted by molar-refractivity contribution is 6.04. The number of carbonyl (C=O) groups excluding carboxylic acids is 4. The van der Waals surface area contributed by atoms with Crippen LogP contribution in [0.5, 0.6) is 5.75 Å². The van der Waals surface area contributed by atoms with Crippen LogP contribution in [0.25, 0.3) is 10.9 Å². The minimum Gasteiger partial charge on any atom is -0.496 e. The Labute approximate surface area is 225 Å². The number of benzene rings is 1. The Hall–Kier alpha value is -4.15. The smallest absolute Gasteiger partial charge is 0.271 e. The van der Waals surface area contributed by atoms with Crippen molar-refractivity contribution >= 4 is 34.4 Å². The molecule has 3 aliphatic rings. The number of methoxy groups -OCH3 is 1. The minimum atomic E-state index is -0.915. The lowest BCUT2D eigenvalue weighted by Crippen LogP contribution is -2.53. The predicted molar refractivity (Wildman–Crippen MR) is 141 cm³/mol. The maximum absolute atomic E-state index is 13.9. The lowest BCUT2D eigenvalue weighted by Gasteiger charge is -2.29. The Morgan fingerprint density at radius 3 is 2.82 bits per heavy atom. The molecule has 5 unspecified atom stereocenters. The quantitative estimate of drug-likeness (QED) is 0.326. The number of Topliss-reactive ketones (excluding diaryl/α,β-unsaturated/α-hetero) is 1. The third kappa shape index (κ3) is 4.55. The van der Waals surface area contributed by atoms with E-state index in [9.17, 15) is 19.2 Å². The number of amides is 3. The van der Waals surface area contributed by atoms with E-state index in [1.165, 1.54) is 12.5 Å². The SMILES string of the molecule is COc1cccc2[nH]c(C(=O)N3CC4CCCC4C3C(=O)NC(CC3CCNC3=O)C(=O)c3cnc[nH]3)cc12. The largest absolute Gasteiger partial charge is 0.496 e. The molecule has 1 aliphatic carbocycles. The second kappa shape index (κ2) is 10.2. The Balaban J connectivity index is 1.28. The second-order valence-corrected chi connectivity index (χ2v) is 10.8. The van der Waals surface area contributed by atoms with Crippen LogP contribution in [-0.2, 0) is 9.59 Å². The van der Waals surface area contributed by atoms with Gasteiger partial charge in [0.2, 0.25) is 17.6 Å². The van der Waals surface area contributed by atoms with Crippen molar-refractivity contribution in [2.75, 3.05) is 20.2 Å². The van der Waals surface area contributed by atoms with Crippen LogP contribution >= 0.6 is 0 Å². The number of fused-ring (bicyclic) bond motifs is 2. The monoisotopic (exact) mass is 532 g/mol. The third-order valence-corrected chi connectivity index (χ3v) is 8.57. The summed E-state index contributed by atoms with van der Waals surface area (Å²) >= 11 is 0. The van der Waals surface area contributed by atoms with Crippen LogP contribution in [0.15, 0.2) is 36.8 Å². The summed E-state index contributed by atoms with van der Waals surface area (Å²) in [6.07, 6.45) is 6.41. The molecule has 3 aromatic rings. The van der Waals surface area contributed by atoms with Gasteiger partial charge in [-0.2, -0.15) is 0 Å². The van der Waals surface area contributed by atoms with Crippen LogP contribution in [-0.4, -0.2) is 75.6 Å². The lowest BCUT2D eigenvalue weighted by molar-refractivity contribution is -0.127. The maximum Gasteiger partial charge on any atom is 0.271 e. The highest BCUT2D eigenvalue weighted by Gasteiger charge is 2.50. The van der Waals surface area contributed by atoms with Crippen LogP contribution in [0.2, 0.25) is 0 Å². The highest BCUT2D eigenvalue weighted by Crippen LogP contribution is 2.43. The molecular formula is C28H32N6O5. The maximum atomic E-state index is 13.9. The van der Waals surface area contributed by atoms with Crippen molar-refractivity contribution in [3.63, 3.8) is 0 Å². The summed E-state index contributed by atoms with van der Waals surface area (Å²) in [5, 5.41) is 6.54. The molecule has 3 fully saturated rings. The van der Waals surface area contributed by atoms with Gasteiger partial charge in [0.25, 0.3) is 5.91 Å². The van der Waals surface area contributed by atoms with Gasteiger partial charge in [-0.25, -0.2) is 4.98 Å². The van der Waals surface area contributed by atoms with Crippen molar-refractivity contribution in [1.82, 2.24) is 30.5 Å². The molecule has 0 radical (unpaired) electrons. The van der Waals surface area contributed by atoms with E-state index in [4.69, 9.17) is 4.74 Å². The number of nitrogens with one attached hydrogen (secondary N) is 4. The van der Waals surface area contributed by atoms with E-state index in [0.29, 0.717) is 31.0 Å². The normalized spacial score (nSPS) is 24.9. The van der Waals surface area contributed by atoms with Crippen LogP contribution in [0.4, 0.5) is 0 Å². The molecule has 5 atom stereocenters. The van der Waals surface area contributed by atoms with Crippen molar-refractivity contribution in [2.45, 2.75) is 44.2 Å². The molecule has 11 heteroatoms. The van der Waals surface area contributed by atoms with E-state index in [-0.39, 0.29) is 53.4 Å². The number of rotatable bonds is 8. The fourth-order valence-corrected chi connectivity index (χ4v) is 6.65. The number of ketones is 1. The van der Waals surface area contributed by atoms with Crippen molar-refractivity contribution < 1.29 is 23.9 Å². The van der Waals surface area contributed by atoms with E-state index < -0.39 is 12.1 Å². The van der Waals surface area contributed by atoms with E-state index in [1.807, 2.05) is 18.2 Å². The van der Waals surface area contributed by atoms with Gasteiger partial charge in [0.1, 0.15) is 23.2 Å². The predicted octanol–water partition coefficient (Wildman–Crippen LogP) is 2.03. The molecule has 2 saturated heterocycles. The number of aromatic amines is 2. The molecule has 2 aliphatic heterocycles. The fraction of sp³-hybridized carbons (Fsp3) is 0.464. The van der Waals surface area contributed by atoms with Crippen molar-refractivity contribution in [3.05, 3.63) is 48.2 Å². The zero-order chi connectivity index (χ0) is 27.1. The number of nitrogens with zero attached hydrogens (tertiary/aromatic N) is 2. The van der Waals surface area contributed by atoms with Crippen molar-refractivity contribution in [1.29, 1.82) is 0 Å². The van der Waals surface area contributed by atoms with Gasteiger partial charge in [0, 0.05) is 29.9 Å². The number of hydrogen-bond acceptors (Lipinski definition) is 6. The molecule has 1 aromatic carbocycles. The van der Waals surface area contributed by atoms with Crippen LogP contribution in [0.1, 0.15) is 53.1 Å². The number of carbonyl (C=O) groups is 4. The van der Waals surface area contributed by atoms with Crippen LogP contribution in [0, 0.1) is 17.8 Å². The summed E-state index contributed by atoms with van der Waals surface area (Å²) in [5.41, 5.74) is 1.43. The molecule has 11 nitrogen and oxygen atoms in total. The van der Waals surface area contributed by atoms with E-state index >= 15 is 0 Å². The van der Waals surface area contributed by atoms with Crippen molar-refractivity contribution in [3.8, 4) is 5.75 Å². The van der Waals surface area contributed by atoms with Gasteiger partial charge in [0.05, 0.1) is 25.7 Å². The first-order valence-electron chi connectivity index (χ1n) is 13.5. The summed E-state index contributed by atoms with van der Waals surface area (Å²) in [6.45, 7) is 1.03. The number of ether oxygens (including phenoxy) is 1. The van der Waals surface area contributed by atoms with Gasteiger partial charge in [-0.3, -0.25) is 19.2 Å². The Morgan fingerprint density at radius 1 is 1.21 bits per heavy atom. The summed E-state index contributed by atoms with van der Waals surface area (Å²) in [4.78, 5) is 65.0. The molecule has 4 N–H and O–H groups in total. The number of imidazole rings is 1. The van der Waals surface area contributed by atoms with Gasteiger partial charge in [-0.15, -0.1) is 0 Å². The molecule has 4 heterocycles. The van der Waals surface area contributed by atoms with Gasteiger partial charge in [0.15, 0.2) is 0 Å². The third-order valence-electron chi connectivity index (χ3n) is 8.57. The first kappa shape index (κ1) is 25.1. The number of hydrogen-bond donors (Lipinski definition) is 4. The average Bonchev–Trinajstić information content (AvgIpc) is 3.75. The molecule has 39 heavy (non-hydrogen) atoms. The fourth-order valence-electron chi connectivity index (χ4n) is 6.65. The number of aromatic nitrogens is 3. The van der Waals surface area contributed by atoms with E-state index in [2.05, 4.69) is 25.6 Å². The van der Waals surface area contributed by atoms with E-state index in [1.54, 1.807) is 18.1 Å². The van der Waals surface area contributed by atoms with E-state index in [0.717, 1.165) is 30.2 Å². The summed E-state index contributed by atoms with van der Waals surface area (Å²) < 4.78 is 5.45. The van der Waals surface area contributed by atoms with Gasteiger partial charge >= 0.3 is 0 Å². The van der Waals surface area contributed by atoms with Crippen LogP contribution < -0.4 is 15.4 Å². The zero-order valence-corrected chi connectivity index (χ0v) is 21.7. The van der Waals surface area contributed by atoms with Crippen molar-refractivity contribution in [2.24, 2.45) is 17.8 Å². The molecular weight excluding hydrogens is 500 g/mol. The molecule has 1 saturated carbocycles. The van der Waals surface area contributed by atoms with Gasteiger partial charge in [-0.1, -0.05) is 12.5 Å². The molecule has 6 rings (SSSR count). The standard InChI is InChI=1S/C28H32N6O5/c1-39-23-7-3-6-19-18(23)11-21(32-19)28(38)34-13-16-4-2-5-17(16)24(34)27(37)33-20(10-15-8-9-30-26(15)36)25(35)22-12-29-14-31-22/h3,6-7,11-12,14-17,20,24,32H,2,4-5,8-10,13H2,1H3,(H,29,31)(H,30,36)(H,33,37). The minimum absolute atomic E-state index is 0.0190. The van der Waals surface area contributed by atoms with Crippen LogP contribution in [0.3, 0.4) is 0 Å². The summed E-state index contributed by atoms with van der Waals surface area (Å²) in [5.74, 6) is -0.527. The molecule has 204 valence electrons.